The van der Waals surface area contributed by atoms with Gasteiger partial charge in [0.25, 0.3) is 5.91 Å². The quantitative estimate of drug-likeness (QED) is 0.193. The zero-order chi connectivity index (χ0) is 28.0. The fraction of sp³-hybridized carbons (Fsp3) is 0.469. The highest BCUT2D eigenvalue weighted by Crippen LogP contribution is 2.36. The Bertz CT molecular complexity index is 1210. The SMILES string of the molecule is C=CCC(CC)(CC)C(C)NCCc1ccc(CSc2cccc3c2CN(C2CCC(=O)NC2=O)C3=O)cc1. The third-order valence-electron chi connectivity index (χ3n) is 8.70. The molecule has 2 aromatic carbocycles. The first kappa shape index (κ1) is 29.1. The summed E-state index contributed by atoms with van der Waals surface area (Å²) in [6.45, 7) is 12.2. The minimum Gasteiger partial charge on any atom is -0.322 e. The smallest absolute Gasteiger partial charge is 0.255 e. The number of nitrogens with zero attached hydrogens (tertiary/aromatic N) is 1. The van der Waals surface area contributed by atoms with Crippen molar-refractivity contribution < 1.29 is 14.4 Å². The number of allylic oxidation sites excluding steroid dienone is 1. The lowest BCUT2D eigenvalue weighted by atomic mass is 9.73. The van der Waals surface area contributed by atoms with Gasteiger partial charge in [0.05, 0.1) is 0 Å². The van der Waals surface area contributed by atoms with Crippen LogP contribution in [0, 0.1) is 5.41 Å². The van der Waals surface area contributed by atoms with E-state index < -0.39 is 6.04 Å². The molecule has 0 radical (unpaired) electrons. The van der Waals surface area contributed by atoms with E-state index in [9.17, 15) is 14.4 Å². The Morgan fingerprint density at radius 1 is 1.13 bits per heavy atom. The van der Waals surface area contributed by atoms with Crippen molar-refractivity contribution >= 4 is 29.5 Å². The molecule has 39 heavy (non-hydrogen) atoms. The first-order valence-corrected chi connectivity index (χ1v) is 15.1. The molecule has 2 atom stereocenters. The summed E-state index contributed by atoms with van der Waals surface area (Å²) < 4.78 is 0. The number of nitrogens with one attached hydrogen (secondary N) is 2. The summed E-state index contributed by atoms with van der Waals surface area (Å²) >= 11 is 1.72. The van der Waals surface area contributed by atoms with E-state index in [0.29, 0.717) is 24.6 Å². The molecule has 0 bridgehead atoms. The average Bonchev–Trinajstić information content (AvgIpc) is 3.27. The highest BCUT2D eigenvalue weighted by molar-refractivity contribution is 7.98. The predicted molar refractivity (Wildman–Crippen MR) is 157 cm³/mol. The van der Waals surface area contributed by atoms with Crippen LogP contribution in [0.25, 0.3) is 0 Å². The molecule has 0 aliphatic carbocycles. The van der Waals surface area contributed by atoms with E-state index >= 15 is 0 Å². The zero-order valence-corrected chi connectivity index (χ0v) is 24.2. The number of hydrogen-bond donors (Lipinski definition) is 2. The number of benzene rings is 2. The normalized spacial score (nSPS) is 18.2. The third-order valence-corrected chi connectivity index (χ3v) is 9.87. The standard InChI is InChI=1S/C32H41N3O3S/c1-5-18-32(6-2,7-3)22(4)33-19-17-23-11-13-24(14-12-23)21-39-28-10-8-9-25-26(28)20-35(31(25)38)27-15-16-29(36)34-30(27)37/h5,8-14,22,27,33H,1,6-7,15-21H2,2-4H3,(H,34,36,37). The minimum atomic E-state index is -0.590. The molecule has 6 nitrogen and oxygen atoms in total. The molecule has 2 aliphatic rings. The molecule has 2 N–H and O–H groups in total. The Hall–Kier alpha value is -2.90. The largest absolute Gasteiger partial charge is 0.322 e. The van der Waals surface area contributed by atoms with E-state index in [4.69, 9.17) is 0 Å². The summed E-state index contributed by atoms with van der Waals surface area (Å²) in [5, 5.41) is 6.12. The molecule has 0 saturated carbocycles. The molecule has 0 spiro atoms. The lowest BCUT2D eigenvalue weighted by Gasteiger charge is -2.38. The summed E-state index contributed by atoms with van der Waals surface area (Å²) in [7, 11) is 0. The van der Waals surface area contributed by atoms with Crippen LogP contribution in [0.2, 0.25) is 0 Å². The van der Waals surface area contributed by atoms with Crippen LogP contribution in [-0.2, 0) is 28.3 Å². The molecular weight excluding hydrogens is 506 g/mol. The summed E-state index contributed by atoms with van der Waals surface area (Å²) in [5.74, 6) is 0.0226. The molecule has 2 heterocycles. The Morgan fingerprint density at radius 2 is 1.85 bits per heavy atom. The molecule has 2 unspecified atom stereocenters. The summed E-state index contributed by atoms with van der Waals surface area (Å²) in [6, 6.07) is 14.4. The van der Waals surface area contributed by atoms with Crippen molar-refractivity contribution in [3.63, 3.8) is 0 Å². The highest BCUT2D eigenvalue weighted by Gasteiger charge is 2.39. The van der Waals surface area contributed by atoms with Gasteiger partial charge in [0.15, 0.2) is 0 Å². The molecule has 1 saturated heterocycles. The van der Waals surface area contributed by atoms with Gasteiger partial charge in [-0.1, -0.05) is 50.3 Å². The second-order valence-corrected chi connectivity index (χ2v) is 11.8. The summed E-state index contributed by atoms with van der Waals surface area (Å²) in [4.78, 5) is 39.7. The topological polar surface area (TPSA) is 78.5 Å². The van der Waals surface area contributed by atoms with Crippen molar-refractivity contribution in [2.24, 2.45) is 5.41 Å². The maximum atomic E-state index is 13.1. The molecule has 2 aliphatic heterocycles. The number of fused-ring (bicyclic) bond motifs is 1. The number of carbonyl (C=O) groups is 3. The van der Waals surface area contributed by atoms with Crippen LogP contribution in [0.15, 0.2) is 60.0 Å². The van der Waals surface area contributed by atoms with Gasteiger partial charge in [-0.15, -0.1) is 18.3 Å². The lowest BCUT2D eigenvalue weighted by molar-refractivity contribution is -0.136. The molecule has 208 valence electrons. The second-order valence-electron chi connectivity index (χ2n) is 10.8. The van der Waals surface area contributed by atoms with Crippen molar-refractivity contribution in [2.75, 3.05) is 6.54 Å². The van der Waals surface area contributed by atoms with Gasteiger partial charge in [0.1, 0.15) is 6.04 Å². The Balaban J connectivity index is 1.32. The van der Waals surface area contributed by atoms with Crippen molar-refractivity contribution in [2.45, 2.75) is 88.6 Å². The van der Waals surface area contributed by atoms with Crippen molar-refractivity contribution in [3.8, 4) is 0 Å². The van der Waals surface area contributed by atoms with Crippen molar-refractivity contribution in [3.05, 3.63) is 77.4 Å². The van der Waals surface area contributed by atoms with Gasteiger partial charge in [-0.25, -0.2) is 0 Å². The van der Waals surface area contributed by atoms with Gasteiger partial charge in [0.2, 0.25) is 11.8 Å². The Morgan fingerprint density at radius 3 is 2.51 bits per heavy atom. The predicted octanol–water partition coefficient (Wildman–Crippen LogP) is 5.64. The Kier molecular flexibility index (Phi) is 9.67. The van der Waals surface area contributed by atoms with Gasteiger partial charge in [-0.2, -0.15) is 0 Å². The first-order valence-electron chi connectivity index (χ1n) is 14.1. The molecule has 7 heteroatoms. The maximum absolute atomic E-state index is 13.1. The van der Waals surface area contributed by atoms with E-state index in [1.54, 1.807) is 16.7 Å². The number of imide groups is 1. The molecule has 0 aromatic heterocycles. The van der Waals surface area contributed by atoms with Gasteiger partial charge in [-0.05, 0) is 79.8 Å². The van der Waals surface area contributed by atoms with E-state index in [2.05, 4.69) is 68.3 Å². The van der Waals surface area contributed by atoms with Crippen LogP contribution in [0.3, 0.4) is 0 Å². The van der Waals surface area contributed by atoms with E-state index in [1.807, 2.05) is 18.2 Å². The number of hydrogen-bond acceptors (Lipinski definition) is 5. The molecule has 1 fully saturated rings. The van der Waals surface area contributed by atoms with Crippen LogP contribution < -0.4 is 10.6 Å². The molecule has 2 aromatic rings. The highest BCUT2D eigenvalue weighted by atomic mass is 32.2. The second kappa shape index (κ2) is 13.0. The van der Waals surface area contributed by atoms with Crippen LogP contribution in [0.5, 0.6) is 0 Å². The maximum Gasteiger partial charge on any atom is 0.255 e. The molecular formula is C32H41N3O3S. The first-order chi connectivity index (χ1) is 18.8. The Labute approximate surface area is 237 Å². The van der Waals surface area contributed by atoms with Crippen molar-refractivity contribution in [1.82, 2.24) is 15.5 Å². The number of carbonyl (C=O) groups excluding carboxylic acids is 3. The van der Waals surface area contributed by atoms with Gasteiger partial charge >= 0.3 is 0 Å². The zero-order valence-electron chi connectivity index (χ0n) is 23.4. The van der Waals surface area contributed by atoms with E-state index in [0.717, 1.165) is 48.4 Å². The average molecular weight is 548 g/mol. The molecule has 4 rings (SSSR count). The monoisotopic (exact) mass is 547 g/mol. The van der Waals surface area contributed by atoms with Crippen molar-refractivity contribution in [1.29, 1.82) is 0 Å². The summed E-state index contributed by atoms with van der Waals surface area (Å²) in [5.41, 5.74) is 4.45. The third kappa shape index (κ3) is 6.47. The van der Waals surface area contributed by atoms with Gasteiger partial charge in [0, 0.05) is 35.2 Å². The lowest BCUT2D eigenvalue weighted by Crippen LogP contribution is -2.52. The minimum absolute atomic E-state index is 0.131. The number of amides is 3. The van der Waals surface area contributed by atoms with Crippen LogP contribution in [-0.4, -0.2) is 41.2 Å². The van der Waals surface area contributed by atoms with E-state index in [-0.39, 0.29) is 29.6 Å². The number of rotatable bonds is 13. The molecule has 3 amide bonds. The van der Waals surface area contributed by atoms with Crippen LogP contribution in [0.4, 0.5) is 0 Å². The fourth-order valence-electron chi connectivity index (χ4n) is 5.92. The van der Waals surface area contributed by atoms with E-state index in [1.165, 1.54) is 11.1 Å². The fourth-order valence-corrected chi connectivity index (χ4v) is 6.96. The van der Waals surface area contributed by atoms with Crippen LogP contribution >= 0.6 is 11.8 Å². The van der Waals surface area contributed by atoms with Gasteiger partial charge in [-0.3, -0.25) is 19.7 Å². The summed E-state index contributed by atoms with van der Waals surface area (Å²) in [6.07, 6.45) is 7.00. The van der Waals surface area contributed by atoms with Gasteiger partial charge < -0.3 is 10.2 Å². The van der Waals surface area contributed by atoms with Crippen LogP contribution in [0.1, 0.15) is 79.9 Å². The number of thioether (sulfide) groups is 1. The number of piperidine rings is 1.